The van der Waals surface area contributed by atoms with Crippen LogP contribution < -0.4 is 5.73 Å². The average molecular weight is 259 g/mol. The van der Waals surface area contributed by atoms with Crippen molar-refractivity contribution in [1.82, 2.24) is 0 Å². The van der Waals surface area contributed by atoms with Gasteiger partial charge in [0.15, 0.2) is 0 Å². The third kappa shape index (κ3) is 2.61. The lowest BCUT2D eigenvalue weighted by Gasteiger charge is -2.07. The Morgan fingerprint density at radius 2 is 2.06 bits per heavy atom. The highest BCUT2D eigenvalue weighted by atomic mass is 32.1. The monoisotopic (exact) mass is 259 g/mol. The lowest BCUT2D eigenvalue weighted by molar-refractivity contribution is -0.137. The summed E-state index contributed by atoms with van der Waals surface area (Å²) in [5.74, 6) is 0. The van der Waals surface area contributed by atoms with Crippen LogP contribution in [0.5, 0.6) is 0 Å². The predicted molar refractivity (Wildman–Crippen MR) is 64.2 cm³/mol. The van der Waals surface area contributed by atoms with Crippen LogP contribution in [0.2, 0.25) is 0 Å². The SMILES string of the molecule is CC(N)Cc1csc2cc(C(F)(F)F)ccc12. The number of halogens is 3. The largest absolute Gasteiger partial charge is 0.416 e. The van der Waals surface area contributed by atoms with Gasteiger partial charge in [-0.25, -0.2) is 0 Å². The predicted octanol–water partition coefficient (Wildman–Crippen LogP) is 3.81. The highest BCUT2D eigenvalue weighted by molar-refractivity contribution is 7.17. The molecule has 5 heteroatoms. The number of rotatable bonds is 2. The number of hydrogen-bond donors (Lipinski definition) is 1. The fourth-order valence-electron chi connectivity index (χ4n) is 1.76. The smallest absolute Gasteiger partial charge is 0.328 e. The zero-order valence-electron chi connectivity index (χ0n) is 9.21. The fourth-order valence-corrected chi connectivity index (χ4v) is 2.78. The highest BCUT2D eigenvalue weighted by Gasteiger charge is 2.30. The maximum atomic E-state index is 12.5. The summed E-state index contributed by atoms with van der Waals surface area (Å²) in [5, 5.41) is 2.76. The zero-order chi connectivity index (χ0) is 12.6. The second kappa shape index (κ2) is 4.31. The summed E-state index contributed by atoms with van der Waals surface area (Å²) in [7, 11) is 0. The van der Waals surface area contributed by atoms with Crippen LogP contribution in [-0.2, 0) is 12.6 Å². The molecular weight excluding hydrogens is 247 g/mol. The van der Waals surface area contributed by atoms with Gasteiger partial charge in [0.25, 0.3) is 0 Å². The third-order valence-electron chi connectivity index (χ3n) is 2.52. The molecule has 1 unspecified atom stereocenters. The van der Waals surface area contributed by atoms with E-state index in [1.54, 1.807) is 0 Å². The molecule has 92 valence electrons. The molecule has 0 saturated carbocycles. The second-order valence-electron chi connectivity index (χ2n) is 4.15. The van der Waals surface area contributed by atoms with Gasteiger partial charge in [-0.2, -0.15) is 13.2 Å². The summed E-state index contributed by atoms with van der Waals surface area (Å²) >= 11 is 1.33. The van der Waals surface area contributed by atoms with E-state index in [1.165, 1.54) is 23.5 Å². The Morgan fingerprint density at radius 1 is 1.35 bits per heavy atom. The molecule has 1 aromatic carbocycles. The van der Waals surface area contributed by atoms with E-state index < -0.39 is 11.7 Å². The van der Waals surface area contributed by atoms with Crippen LogP contribution in [-0.4, -0.2) is 6.04 Å². The van der Waals surface area contributed by atoms with E-state index in [0.717, 1.165) is 17.0 Å². The van der Waals surface area contributed by atoms with Gasteiger partial charge in [0.05, 0.1) is 5.56 Å². The molecule has 0 amide bonds. The van der Waals surface area contributed by atoms with Gasteiger partial charge in [-0.05, 0) is 41.8 Å². The van der Waals surface area contributed by atoms with Crippen LogP contribution >= 0.6 is 11.3 Å². The summed E-state index contributed by atoms with van der Waals surface area (Å²) in [6, 6.07) is 3.87. The normalized spacial score (nSPS) is 14.2. The van der Waals surface area contributed by atoms with E-state index in [9.17, 15) is 13.2 Å². The molecule has 1 nitrogen and oxygen atoms in total. The molecule has 0 fully saturated rings. The van der Waals surface area contributed by atoms with E-state index in [0.29, 0.717) is 11.1 Å². The van der Waals surface area contributed by atoms with Crippen molar-refractivity contribution in [3.05, 3.63) is 34.7 Å². The molecule has 1 heterocycles. The van der Waals surface area contributed by atoms with Crippen molar-refractivity contribution < 1.29 is 13.2 Å². The Labute approximate surface area is 101 Å². The van der Waals surface area contributed by atoms with Gasteiger partial charge in [-0.1, -0.05) is 6.07 Å². The Morgan fingerprint density at radius 3 is 2.65 bits per heavy atom. The number of thiophene rings is 1. The van der Waals surface area contributed by atoms with Gasteiger partial charge in [-0.3, -0.25) is 0 Å². The van der Waals surface area contributed by atoms with Gasteiger partial charge < -0.3 is 5.73 Å². The Bertz CT molecular complexity index is 528. The number of fused-ring (bicyclic) bond motifs is 1. The van der Waals surface area contributed by atoms with Gasteiger partial charge in [0.1, 0.15) is 0 Å². The second-order valence-corrected chi connectivity index (χ2v) is 5.06. The fraction of sp³-hybridized carbons (Fsp3) is 0.333. The minimum atomic E-state index is -4.28. The summed E-state index contributed by atoms with van der Waals surface area (Å²) in [5.41, 5.74) is 6.12. The standard InChI is InChI=1S/C12H12F3NS/c1-7(16)4-8-6-17-11-5-9(12(13,14)15)2-3-10(8)11/h2-3,5-7H,4,16H2,1H3. The first-order chi connectivity index (χ1) is 7.88. The van der Waals surface area contributed by atoms with Gasteiger partial charge >= 0.3 is 6.18 Å². The molecule has 0 bridgehead atoms. The summed E-state index contributed by atoms with van der Waals surface area (Å²) < 4.78 is 38.2. The van der Waals surface area contributed by atoms with Crippen LogP contribution in [0, 0.1) is 0 Å². The maximum Gasteiger partial charge on any atom is 0.416 e. The Kier molecular flexibility index (Phi) is 3.14. The first-order valence-corrected chi connectivity index (χ1v) is 6.09. The van der Waals surface area contributed by atoms with E-state index in [-0.39, 0.29) is 6.04 Å². The average Bonchev–Trinajstić information content (AvgIpc) is 2.59. The number of hydrogen-bond acceptors (Lipinski definition) is 2. The Hall–Kier alpha value is -1.07. The van der Waals surface area contributed by atoms with Crippen LogP contribution in [0.1, 0.15) is 18.1 Å². The lowest BCUT2D eigenvalue weighted by Crippen LogP contribution is -2.17. The molecule has 0 spiro atoms. The lowest BCUT2D eigenvalue weighted by atomic mass is 10.1. The van der Waals surface area contributed by atoms with E-state index in [1.807, 2.05) is 12.3 Å². The highest BCUT2D eigenvalue weighted by Crippen LogP contribution is 2.34. The van der Waals surface area contributed by atoms with Crippen LogP contribution in [0.25, 0.3) is 10.1 Å². The molecular formula is C12H12F3NS. The first kappa shape index (κ1) is 12.4. The molecule has 0 aliphatic carbocycles. The van der Waals surface area contributed by atoms with Crippen LogP contribution in [0.15, 0.2) is 23.6 Å². The van der Waals surface area contributed by atoms with E-state index >= 15 is 0 Å². The quantitative estimate of drug-likeness (QED) is 0.872. The minimum Gasteiger partial charge on any atom is -0.328 e. The van der Waals surface area contributed by atoms with E-state index in [4.69, 9.17) is 5.73 Å². The molecule has 0 radical (unpaired) electrons. The molecule has 2 N–H and O–H groups in total. The van der Waals surface area contributed by atoms with Gasteiger partial charge in [0, 0.05) is 10.7 Å². The zero-order valence-corrected chi connectivity index (χ0v) is 10.0. The molecule has 1 atom stereocenters. The molecule has 17 heavy (non-hydrogen) atoms. The molecule has 0 saturated heterocycles. The van der Waals surface area contributed by atoms with Crippen molar-refractivity contribution >= 4 is 21.4 Å². The summed E-state index contributed by atoms with van der Waals surface area (Å²) in [6.45, 7) is 1.88. The number of nitrogens with two attached hydrogens (primary N) is 1. The molecule has 2 rings (SSSR count). The van der Waals surface area contributed by atoms with Gasteiger partial charge in [0.2, 0.25) is 0 Å². The van der Waals surface area contributed by atoms with Crippen LogP contribution in [0.3, 0.4) is 0 Å². The van der Waals surface area contributed by atoms with Gasteiger partial charge in [-0.15, -0.1) is 11.3 Å². The summed E-state index contributed by atoms with van der Waals surface area (Å²) in [6.07, 6.45) is -3.59. The van der Waals surface area contributed by atoms with Crippen LogP contribution in [0.4, 0.5) is 13.2 Å². The number of benzene rings is 1. The van der Waals surface area contributed by atoms with Crippen molar-refractivity contribution in [2.24, 2.45) is 5.73 Å². The minimum absolute atomic E-state index is 0.00935. The summed E-state index contributed by atoms with van der Waals surface area (Å²) in [4.78, 5) is 0. The molecule has 2 aromatic rings. The first-order valence-electron chi connectivity index (χ1n) is 5.21. The topological polar surface area (TPSA) is 26.0 Å². The molecule has 1 aromatic heterocycles. The molecule has 0 aliphatic heterocycles. The number of alkyl halides is 3. The molecule has 0 aliphatic rings. The van der Waals surface area contributed by atoms with Crippen molar-refractivity contribution in [2.75, 3.05) is 0 Å². The Balaban J connectivity index is 2.45. The van der Waals surface area contributed by atoms with Crippen molar-refractivity contribution in [3.63, 3.8) is 0 Å². The van der Waals surface area contributed by atoms with Crippen molar-refractivity contribution in [2.45, 2.75) is 25.6 Å². The maximum absolute atomic E-state index is 12.5. The third-order valence-corrected chi connectivity index (χ3v) is 3.52. The van der Waals surface area contributed by atoms with E-state index in [2.05, 4.69) is 0 Å². The van der Waals surface area contributed by atoms with Crippen molar-refractivity contribution in [1.29, 1.82) is 0 Å². The van der Waals surface area contributed by atoms with Crippen molar-refractivity contribution in [3.8, 4) is 0 Å².